The van der Waals surface area contributed by atoms with Crippen molar-refractivity contribution in [2.24, 2.45) is 0 Å². The Balaban J connectivity index is 2.95. The molecule has 0 atom stereocenters. The molecule has 0 fully saturated rings. The van der Waals surface area contributed by atoms with Gasteiger partial charge in [0.1, 0.15) is 5.69 Å². The fourth-order valence-corrected chi connectivity index (χ4v) is 1.28. The number of aliphatic hydroxyl groups is 1. The van der Waals surface area contributed by atoms with Gasteiger partial charge in [-0.25, -0.2) is 0 Å². The van der Waals surface area contributed by atoms with Crippen LogP contribution in [0.1, 0.15) is 29.9 Å². The predicted octanol–water partition coefficient (Wildman–Crippen LogP) is 1.89. The van der Waals surface area contributed by atoms with Gasteiger partial charge in [-0.05, 0) is 19.9 Å². The van der Waals surface area contributed by atoms with E-state index in [-0.39, 0.29) is 11.1 Å². The van der Waals surface area contributed by atoms with E-state index in [9.17, 15) is 9.90 Å². The maximum Gasteiger partial charge on any atom is 0.191 e. The normalized spacial score (nSPS) is 11.4. The van der Waals surface area contributed by atoms with Gasteiger partial charge in [-0.15, -0.1) is 0 Å². The lowest BCUT2D eigenvalue weighted by Gasteiger charge is -2.16. The minimum absolute atomic E-state index is 0.0627. The molecule has 0 aliphatic rings. The zero-order valence-electron chi connectivity index (χ0n) is 8.12. The first-order valence-electron chi connectivity index (χ1n) is 4.23. The van der Waals surface area contributed by atoms with Gasteiger partial charge in [0.05, 0.1) is 10.9 Å². The number of ketones is 1. The zero-order chi connectivity index (χ0) is 10.8. The van der Waals surface area contributed by atoms with Crippen molar-refractivity contribution in [3.05, 3.63) is 29.6 Å². The minimum atomic E-state index is -0.914. The van der Waals surface area contributed by atoms with E-state index in [1.54, 1.807) is 26.0 Å². The molecule has 0 amide bonds. The average molecular weight is 258 g/mol. The van der Waals surface area contributed by atoms with Gasteiger partial charge in [0.2, 0.25) is 0 Å². The smallest absolute Gasteiger partial charge is 0.191 e. The summed E-state index contributed by atoms with van der Waals surface area (Å²) in [7, 11) is 0. The van der Waals surface area contributed by atoms with E-state index in [0.717, 1.165) is 0 Å². The highest BCUT2D eigenvalue weighted by molar-refractivity contribution is 9.09. The fourth-order valence-electron chi connectivity index (χ4n) is 0.989. The number of carbonyl (C=O) groups excluding carboxylic acids is 1. The quantitative estimate of drug-likeness (QED) is 0.665. The van der Waals surface area contributed by atoms with Crippen molar-refractivity contribution in [3.8, 4) is 0 Å². The highest BCUT2D eigenvalue weighted by Gasteiger charge is 2.16. The molecular formula is C10H12BrNO2. The van der Waals surface area contributed by atoms with Crippen LogP contribution in [-0.2, 0) is 5.60 Å². The van der Waals surface area contributed by atoms with Gasteiger partial charge in [-0.3, -0.25) is 9.78 Å². The second-order valence-electron chi connectivity index (χ2n) is 3.55. The monoisotopic (exact) mass is 257 g/mol. The van der Waals surface area contributed by atoms with Gasteiger partial charge < -0.3 is 5.11 Å². The van der Waals surface area contributed by atoms with Gasteiger partial charge in [0, 0.05) is 11.8 Å². The van der Waals surface area contributed by atoms with Crippen LogP contribution in [0.5, 0.6) is 0 Å². The van der Waals surface area contributed by atoms with Crippen molar-refractivity contribution >= 4 is 21.7 Å². The molecule has 1 heterocycles. The number of hydrogen-bond acceptors (Lipinski definition) is 3. The molecule has 0 radical (unpaired) electrons. The molecule has 0 spiro atoms. The highest BCUT2D eigenvalue weighted by atomic mass is 79.9. The van der Waals surface area contributed by atoms with Crippen LogP contribution in [0.2, 0.25) is 0 Å². The van der Waals surface area contributed by atoms with Crippen LogP contribution in [-0.4, -0.2) is 21.2 Å². The summed E-state index contributed by atoms with van der Waals surface area (Å²) in [6, 6.07) is 3.33. The maximum atomic E-state index is 11.2. The van der Waals surface area contributed by atoms with Crippen LogP contribution >= 0.6 is 15.9 Å². The fraction of sp³-hybridized carbons (Fsp3) is 0.400. The summed E-state index contributed by atoms with van der Waals surface area (Å²) >= 11 is 3.07. The SMILES string of the molecule is CC(C)(O)c1ccc(C(=O)CBr)nc1. The molecule has 1 N–H and O–H groups in total. The van der Waals surface area contributed by atoms with Crippen molar-refractivity contribution < 1.29 is 9.90 Å². The first-order valence-corrected chi connectivity index (χ1v) is 5.35. The number of halogens is 1. The third-order valence-electron chi connectivity index (χ3n) is 1.88. The molecule has 0 saturated carbocycles. The molecule has 1 aromatic heterocycles. The van der Waals surface area contributed by atoms with Crippen LogP contribution in [0.15, 0.2) is 18.3 Å². The standard InChI is InChI=1S/C10H12BrNO2/c1-10(2,14)7-3-4-8(12-6-7)9(13)5-11/h3-4,6,14H,5H2,1-2H3. The summed E-state index contributed by atoms with van der Waals surface area (Å²) in [4.78, 5) is 15.2. The third kappa shape index (κ3) is 2.62. The lowest BCUT2D eigenvalue weighted by molar-refractivity contribution is 0.0780. The molecule has 0 aliphatic carbocycles. The van der Waals surface area contributed by atoms with E-state index in [1.807, 2.05) is 0 Å². The number of rotatable bonds is 3. The van der Waals surface area contributed by atoms with Crippen LogP contribution in [0.4, 0.5) is 0 Å². The largest absolute Gasteiger partial charge is 0.386 e. The van der Waals surface area contributed by atoms with Gasteiger partial charge in [0.25, 0.3) is 0 Å². The number of nitrogens with zero attached hydrogens (tertiary/aromatic N) is 1. The second kappa shape index (κ2) is 4.19. The van der Waals surface area contributed by atoms with Crippen LogP contribution in [0, 0.1) is 0 Å². The Morgan fingerprint density at radius 3 is 2.57 bits per heavy atom. The number of pyridine rings is 1. The highest BCUT2D eigenvalue weighted by Crippen LogP contribution is 2.18. The summed E-state index contributed by atoms with van der Waals surface area (Å²) in [6.07, 6.45) is 1.52. The first kappa shape index (κ1) is 11.3. The summed E-state index contributed by atoms with van der Waals surface area (Å²) in [5, 5.41) is 9.91. The van der Waals surface area contributed by atoms with E-state index >= 15 is 0 Å². The Bertz CT molecular complexity index is 327. The molecule has 0 aromatic carbocycles. The Morgan fingerprint density at radius 1 is 1.57 bits per heavy atom. The molecule has 0 saturated heterocycles. The van der Waals surface area contributed by atoms with Crippen molar-refractivity contribution in [3.63, 3.8) is 0 Å². The van der Waals surface area contributed by atoms with E-state index in [0.29, 0.717) is 11.3 Å². The Labute approximate surface area is 91.3 Å². The number of alkyl halides is 1. The lowest BCUT2D eigenvalue weighted by atomic mass is 10.0. The molecule has 0 unspecified atom stereocenters. The van der Waals surface area contributed by atoms with Crippen LogP contribution < -0.4 is 0 Å². The lowest BCUT2D eigenvalue weighted by Crippen LogP contribution is -2.16. The van der Waals surface area contributed by atoms with E-state index in [2.05, 4.69) is 20.9 Å². The Morgan fingerprint density at radius 2 is 2.21 bits per heavy atom. The minimum Gasteiger partial charge on any atom is -0.386 e. The van der Waals surface area contributed by atoms with E-state index in [4.69, 9.17) is 0 Å². The van der Waals surface area contributed by atoms with E-state index < -0.39 is 5.60 Å². The van der Waals surface area contributed by atoms with Crippen molar-refractivity contribution in [1.29, 1.82) is 0 Å². The topological polar surface area (TPSA) is 50.2 Å². The molecule has 0 bridgehead atoms. The predicted molar refractivity (Wildman–Crippen MR) is 57.6 cm³/mol. The number of aromatic nitrogens is 1. The van der Waals surface area contributed by atoms with Crippen molar-refractivity contribution in [2.75, 3.05) is 5.33 Å². The molecule has 14 heavy (non-hydrogen) atoms. The second-order valence-corrected chi connectivity index (χ2v) is 4.11. The summed E-state index contributed by atoms with van der Waals surface area (Å²) in [5.74, 6) is -0.0627. The molecule has 76 valence electrons. The molecule has 3 nitrogen and oxygen atoms in total. The van der Waals surface area contributed by atoms with Gasteiger partial charge >= 0.3 is 0 Å². The van der Waals surface area contributed by atoms with Crippen LogP contribution in [0.3, 0.4) is 0 Å². The van der Waals surface area contributed by atoms with Gasteiger partial charge in [-0.1, -0.05) is 22.0 Å². The zero-order valence-corrected chi connectivity index (χ0v) is 9.71. The maximum absolute atomic E-state index is 11.2. The average Bonchev–Trinajstić information content (AvgIpc) is 2.15. The number of carbonyl (C=O) groups is 1. The van der Waals surface area contributed by atoms with Gasteiger partial charge in [0.15, 0.2) is 5.78 Å². The molecular weight excluding hydrogens is 246 g/mol. The van der Waals surface area contributed by atoms with Crippen LogP contribution in [0.25, 0.3) is 0 Å². The molecule has 1 rings (SSSR count). The Hall–Kier alpha value is -0.740. The summed E-state index contributed by atoms with van der Waals surface area (Å²) < 4.78 is 0. The Kier molecular flexibility index (Phi) is 3.39. The first-order chi connectivity index (χ1) is 6.45. The summed E-state index contributed by atoms with van der Waals surface area (Å²) in [6.45, 7) is 3.35. The molecule has 1 aromatic rings. The number of hydrogen-bond donors (Lipinski definition) is 1. The number of Topliss-reactive ketones (excluding diaryl/α,β-unsaturated/α-hetero) is 1. The third-order valence-corrected chi connectivity index (χ3v) is 2.39. The molecule has 0 aliphatic heterocycles. The van der Waals surface area contributed by atoms with E-state index in [1.165, 1.54) is 6.20 Å². The van der Waals surface area contributed by atoms with Crippen molar-refractivity contribution in [2.45, 2.75) is 19.4 Å². The molecule has 4 heteroatoms. The van der Waals surface area contributed by atoms with Gasteiger partial charge in [-0.2, -0.15) is 0 Å². The van der Waals surface area contributed by atoms with Crippen molar-refractivity contribution in [1.82, 2.24) is 4.98 Å². The summed E-state index contributed by atoms with van der Waals surface area (Å²) in [5.41, 5.74) is 0.196.